The van der Waals surface area contributed by atoms with E-state index in [9.17, 15) is 9.90 Å². The number of hydrogen-bond donors (Lipinski definition) is 1. The maximum atomic E-state index is 11.4. The number of benzene rings is 2. The Morgan fingerprint density at radius 3 is 2.18 bits per heavy atom. The minimum atomic E-state index is -0.589. The number of nitrogens with zero attached hydrogens (tertiary/aromatic N) is 2. The van der Waals surface area contributed by atoms with E-state index in [0.29, 0.717) is 0 Å². The third-order valence-electron chi connectivity index (χ3n) is 6.43. The number of aliphatic hydroxyl groups is 1. The van der Waals surface area contributed by atoms with Crippen molar-refractivity contribution in [2.75, 3.05) is 38.1 Å². The fourth-order valence-electron chi connectivity index (χ4n) is 4.19. The fraction of sp³-hybridized carbons (Fsp3) is 0.519. The van der Waals surface area contributed by atoms with Crippen molar-refractivity contribution in [3.05, 3.63) is 59.7 Å². The van der Waals surface area contributed by atoms with Crippen LogP contribution in [-0.2, 0) is 6.42 Å². The van der Waals surface area contributed by atoms with Gasteiger partial charge in [0, 0.05) is 44.5 Å². The number of carbonyl (C=O) groups excluding carboxylic acids is 1. The average molecular weight is 512 g/mol. The highest BCUT2D eigenvalue weighted by molar-refractivity contribution is 5.94. The Kier molecular flexibility index (Phi) is 12.4. The summed E-state index contributed by atoms with van der Waals surface area (Å²) in [6.45, 7) is 9.31. The van der Waals surface area contributed by atoms with Crippen molar-refractivity contribution in [1.82, 2.24) is 4.90 Å². The van der Waals surface area contributed by atoms with E-state index >= 15 is 0 Å². The zero-order valence-electron chi connectivity index (χ0n) is 20.8. The van der Waals surface area contributed by atoms with E-state index in [0.717, 1.165) is 68.9 Å². The third kappa shape index (κ3) is 9.10. The van der Waals surface area contributed by atoms with E-state index in [1.54, 1.807) is 6.92 Å². The van der Waals surface area contributed by atoms with Gasteiger partial charge in [-0.3, -0.25) is 4.79 Å². The molecule has 0 atom stereocenters. The van der Waals surface area contributed by atoms with E-state index in [2.05, 4.69) is 29.0 Å². The van der Waals surface area contributed by atoms with Gasteiger partial charge in [0.05, 0.1) is 11.7 Å². The summed E-state index contributed by atoms with van der Waals surface area (Å²) in [6.07, 6.45) is 3.53. The lowest BCUT2D eigenvalue weighted by molar-refractivity contribution is -0.0254. The average Bonchev–Trinajstić information content (AvgIpc) is 2.77. The number of carbonyl (C=O) groups is 1. The van der Waals surface area contributed by atoms with Crippen LogP contribution in [0.2, 0.25) is 0 Å². The van der Waals surface area contributed by atoms with E-state index < -0.39 is 5.60 Å². The molecule has 0 saturated carbocycles. The Morgan fingerprint density at radius 2 is 1.65 bits per heavy atom. The van der Waals surface area contributed by atoms with Gasteiger partial charge >= 0.3 is 0 Å². The lowest BCUT2D eigenvalue weighted by atomic mass is 9.88. The van der Waals surface area contributed by atoms with Crippen molar-refractivity contribution < 1.29 is 14.6 Å². The van der Waals surface area contributed by atoms with Crippen LogP contribution in [0, 0.1) is 0 Å². The summed E-state index contributed by atoms with van der Waals surface area (Å²) < 4.78 is 5.72. The highest BCUT2D eigenvalue weighted by Crippen LogP contribution is 2.27. The molecule has 3 rings (SSSR count). The lowest BCUT2D eigenvalue weighted by Crippen LogP contribution is -2.46. The number of anilines is 1. The van der Waals surface area contributed by atoms with Crippen LogP contribution >= 0.6 is 24.8 Å². The minimum absolute atomic E-state index is 0. The van der Waals surface area contributed by atoms with Crippen LogP contribution in [0.1, 0.15) is 56.0 Å². The van der Waals surface area contributed by atoms with E-state index in [1.807, 2.05) is 50.2 Å². The molecule has 5 nitrogen and oxygen atoms in total. The van der Waals surface area contributed by atoms with Crippen molar-refractivity contribution >= 4 is 36.3 Å². The predicted octanol–water partition coefficient (Wildman–Crippen LogP) is 5.42. The maximum Gasteiger partial charge on any atom is 0.159 e. The largest absolute Gasteiger partial charge is 0.491 e. The Bertz CT molecular complexity index is 864. The molecule has 1 fully saturated rings. The maximum absolute atomic E-state index is 11.4. The number of piperidine rings is 1. The van der Waals surface area contributed by atoms with Crippen molar-refractivity contribution in [2.45, 2.75) is 58.2 Å². The highest BCUT2D eigenvalue weighted by Gasteiger charge is 2.32. The molecule has 1 N–H and O–H groups in total. The van der Waals surface area contributed by atoms with Gasteiger partial charge in [0.25, 0.3) is 0 Å². The Labute approximate surface area is 217 Å². The molecule has 0 spiro atoms. The molecule has 0 unspecified atom stereocenters. The highest BCUT2D eigenvalue weighted by atomic mass is 35.5. The molecular formula is C27H40Cl2N2O3. The number of ketones is 1. The molecule has 34 heavy (non-hydrogen) atoms. The first-order chi connectivity index (χ1) is 15.2. The molecule has 1 heterocycles. The van der Waals surface area contributed by atoms with Crippen LogP contribution in [0.15, 0.2) is 48.5 Å². The molecule has 0 aromatic heterocycles. The van der Waals surface area contributed by atoms with Crippen molar-refractivity contribution in [3.8, 4) is 5.75 Å². The molecule has 0 bridgehead atoms. The van der Waals surface area contributed by atoms with Gasteiger partial charge in [-0.05, 0) is 76.3 Å². The van der Waals surface area contributed by atoms with Gasteiger partial charge in [0.2, 0.25) is 0 Å². The predicted molar refractivity (Wildman–Crippen MR) is 145 cm³/mol. The van der Waals surface area contributed by atoms with Crippen LogP contribution in [-0.4, -0.2) is 60.7 Å². The van der Waals surface area contributed by atoms with E-state index in [-0.39, 0.29) is 36.7 Å². The van der Waals surface area contributed by atoms with Crippen LogP contribution in [0.5, 0.6) is 5.75 Å². The molecule has 7 heteroatoms. The molecule has 2 aromatic carbocycles. The first kappa shape index (κ1) is 30.2. The summed E-state index contributed by atoms with van der Waals surface area (Å²) in [7, 11) is 2.08. The molecule has 190 valence electrons. The number of rotatable bonds is 10. The topological polar surface area (TPSA) is 53.0 Å². The monoisotopic (exact) mass is 510 g/mol. The molecule has 2 aromatic rings. The zero-order chi connectivity index (χ0) is 23.1. The summed E-state index contributed by atoms with van der Waals surface area (Å²) in [5.41, 5.74) is 2.57. The van der Waals surface area contributed by atoms with Gasteiger partial charge < -0.3 is 19.6 Å². The van der Waals surface area contributed by atoms with Crippen LogP contribution < -0.4 is 9.64 Å². The van der Waals surface area contributed by atoms with E-state index in [1.165, 1.54) is 5.56 Å². The molecule has 1 saturated heterocycles. The SMILES string of the molecule is CC(=O)c1ccc(CCN2CCC(O)(CCN(C)c3ccc(OC(C)C)cc3)CC2)cc1.Cl.Cl. The van der Waals surface area contributed by atoms with Crippen LogP contribution in [0.25, 0.3) is 0 Å². The smallest absolute Gasteiger partial charge is 0.159 e. The number of likely N-dealkylation sites (tertiary alicyclic amines) is 1. The molecule has 1 aliphatic rings. The standard InChI is InChI=1S/C27H38N2O3.2ClH/c1-21(2)32-26-11-9-25(10-12-26)28(4)18-14-27(31)15-19-29(20-16-27)17-13-23-5-7-24(8-6-23)22(3)30;;/h5-12,21,31H,13-20H2,1-4H3;2*1H. The second-order valence-electron chi connectivity index (χ2n) is 9.40. The van der Waals surface area contributed by atoms with Gasteiger partial charge in [-0.15, -0.1) is 24.8 Å². The number of Topliss-reactive ketones (excluding diaryl/α,β-unsaturated/α-hetero) is 1. The van der Waals surface area contributed by atoms with Crippen LogP contribution in [0.3, 0.4) is 0 Å². The second kappa shape index (κ2) is 13.9. The third-order valence-corrected chi connectivity index (χ3v) is 6.43. The second-order valence-corrected chi connectivity index (χ2v) is 9.40. The van der Waals surface area contributed by atoms with Crippen molar-refractivity contribution in [1.29, 1.82) is 0 Å². The van der Waals surface area contributed by atoms with Crippen molar-refractivity contribution in [3.63, 3.8) is 0 Å². The summed E-state index contributed by atoms with van der Waals surface area (Å²) in [4.78, 5) is 16.0. The molecule has 0 radical (unpaired) electrons. The summed E-state index contributed by atoms with van der Waals surface area (Å²) in [6, 6.07) is 16.1. The molecule has 0 amide bonds. The number of halogens is 2. The Hall–Kier alpha value is -1.79. The molecule has 0 aliphatic carbocycles. The fourth-order valence-corrected chi connectivity index (χ4v) is 4.19. The van der Waals surface area contributed by atoms with Crippen molar-refractivity contribution in [2.24, 2.45) is 0 Å². The van der Waals surface area contributed by atoms with Gasteiger partial charge in [-0.1, -0.05) is 24.3 Å². The molecular weight excluding hydrogens is 471 g/mol. The lowest BCUT2D eigenvalue weighted by Gasteiger charge is -2.39. The number of ether oxygens (including phenoxy) is 1. The van der Waals surface area contributed by atoms with Gasteiger partial charge in [-0.25, -0.2) is 0 Å². The first-order valence-corrected chi connectivity index (χ1v) is 11.8. The van der Waals surface area contributed by atoms with Gasteiger partial charge in [-0.2, -0.15) is 0 Å². The molecule has 1 aliphatic heterocycles. The summed E-state index contributed by atoms with van der Waals surface area (Å²) >= 11 is 0. The Morgan fingerprint density at radius 1 is 1.06 bits per heavy atom. The normalized spacial score (nSPS) is 15.2. The van der Waals surface area contributed by atoms with Gasteiger partial charge in [0.1, 0.15) is 5.75 Å². The van der Waals surface area contributed by atoms with Crippen LogP contribution in [0.4, 0.5) is 5.69 Å². The van der Waals surface area contributed by atoms with Gasteiger partial charge in [0.15, 0.2) is 5.78 Å². The summed E-state index contributed by atoms with van der Waals surface area (Å²) in [5.74, 6) is 0.993. The number of hydrogen-bond acceptors (Lipinski definition) is 5. The first-order valence-electron chi connectivity index (χ1n) is 11.8. The van der Waals surface area contributed by atoms with E-state index in [4.69, 9.17) is 4.74 Å². The Balaban J connectivity index is 0.00000289. The zero-order valence-corrected chi connectivity index (χ0v) is 22.5. The summed E-state index contributed by atoms with van der Waals surface area (Å²) in [5, 5.41) is 11.1. The quantitative estimate of drug-likeness (QED) is 0.432. The minimum Gasteiger partial charge on any atom is -0.491 e.